The Hall–Kier alpha value is -3.13. The molecule has 1 fully saturated rings. The molecule has 0 bridgehead atoms. The van der Waals surface area contributed by atoms with Crippen LogP contribution in [0.2, 0.25) is 0 Å². The summed E-state index contributed by atoms with van der Waals surface area (Å²) < 4.78 is 3.81. The van der Waals surface area contributed by atoms with Gasteiger partial charge in [0.2, 0.25) is 5.91 Å². The van der Waals surface area contributed by atoms with Gasteiger partial charge in [-0.25, -0.2) is 0 Å². The monoisotopic (exact) mass is 407 g/mol. The Bertz CT molecular complexity index is 944. The highest BCUT2D eigenvalue weighted by Crippen LogP contribution is 2.30. The van der Waals surface area contributed by atoms with Crippen molar-refractivity contribution in [3.8, 4) is 0 Å². The van der Waals surface area contributed by atoms with E-state index in [-0.39, 0.29) is 23.6 Å². The standard InChI is InChI=1S/C21H21N5O2S/c27-20(23-16-6-4-5-7-16)19(15-10-12-22-13-11-15)26(17-8-2-1-3-9-17)21(28)18-14-29-25-24-18/h1-3,8-14,16,19H,4-7H2,(H,23,27)/t19-/m1/s1. The minimum absolute atomic E-state index is 0.139. The van der Waals surface area contributed by atoms with Crippen LogP contribution >= 0.6 is 11.5 Å². The number of hydrogen-bond donors (Lipinski definition) is 1. The fourth-order valence-electron chi connectivity index (χ4n) is 3.67. The van der Waals surface area contributed by atoms with Crippen molar-refractivity contribution in [2.75, 3.05) is 4.90 Å². The predicted molar refractivity (Wildman–Crippen MR) is 111 cm³/mol. The Morgan fingerprint density at radius 3 is 2.45 bits per heavy atom. The number of carbonyl (C=O) groups is 2. The maximum atomic E-state index is 13.4. The summed E-state index contributed by atoms with van der Waals surface area (Å²) in [5.74, 6) is -0.572. The second-order valence-electron chi connectivity index (χ2n) is 6.97. The van der Waals surface area contributed by atoms with Gasteiger partial charge in [-0.3, -0.25) is 19.5 Å². The summed E-state index contributed by atoms with van der Waals surface area (Å²) in [5.41, 5.74) is 1.52. The van der Waals surface area contributed by atoms with Crippen LogP contribution in [-0.4, -0.2) is 32.4 Å². The first kappa shape index (κ1) is 19.2. The minimum atomic E-state index is -0.838. The molecule has 2 heterocycles. The van der Waals surface area contributed by atoms with Gasteiger partial charge in [0.05, 0.1) is 0 Å². The average Bonchev–Trinajstić information content (AvgIpc) is 3.47. The molecule has 0 saturated heterocycles. The third kappa shape index (κ3) is 4.32. The largest absolute Gasteiger partial charge is 0.351 e. The molecule has 7 nitrogen and oxygen atoms in total. The number of benzene rings is 1. The minimum Gasteiger partial charge on any atom is -0.351 e. The van der Waals surface area contributed by atoms with Crippen LogP contribution in [0.5, 0.6) is 0 Å². The van der Waals surface area contributed by atoms with Crippen molar-refractivity contribution in [2.45, 2.75) is 37.8 Å². The first-order valence-electron chi connectivity index (χ1n) is 9.60. The zero-order chi connectivity index (χ0) is 20.1. The maximum Gasteiger partial charge on any atom is 0.280 e. The lowest BCUT2D eigenvalue weighted by atomic mass is 10.0. The number of amides is 2. The van der Waals surface area contributed by atoms with E-state index < -0.39 is 6.04 Å². The van der Waals surface area contributed by atoms with Gasteiger partial charge in [0, 0.05) is 29.5 Å². The number of para-hydroxylation sites is 1. The van der Waals surface area contributed by atoms with E-state index >= 15 is 0 Å². The SMILES string of the molecule is O=C(NC1CCCC1)[C@@H](c1ccncc1)N(C(=O)c1csnn1)c1ccccc1. The molecule has 1 N–H and O–H groups in total. The van der Waals surface area contributed by atoms with Gasteiger partial charge in [0.25, 0.3) is 5.91 Å². The average molecular weight is 407 g/mol. The van der Waals surface area contributed by atoms with Gasteiger partial charge in [-0.2, -0.15) is 0 Å². The lowest BCUT2D eigenvalue weighted by Gasteiger charge is -2.31. The lowest BCUT2D eigenvalue weighted by molar-refractivity contribution is -0.123. The van der Waals surface area contributed by atoms with Gasteiger partial charge in [0.15, 0.2) is 5.69 Å². The first-order valence-corrected chi connectivity index (χ1v) is 10.4. The molecule has 1 aromatic carbocycles. The Morgan fingerprint density at radius 1 is 1.07 bits per heavy atom. The molecule has 2 aromatic heterocycles. The van der Waals surface area contributed by atoms with Crippen LogP contribution in [0.4, 0.5) is 5.69 Å². The molecule has 0 aliphatic heterocycles. The Labute approximate surface area is 173 Å². The molecule has 1 atom stereocenters. The molecule has 0 spiro atoms. The highest BCUT2D eigenvalue weighted by molar-refractivity contribution is 7.03. The zero-order valence-corrected chi connectivity index (χ0v) is 16.6. The van der Waals surface area contributed by atoms with Crippen LogP contribution in [0, 0.1) is 0 Å². The van der Waals surface area contributed by atoms with E-state index in [1.807, 2.05) is 30.3 Å². The molecule has 1 aliphatic carbocycles. The first-order chi connectivity index (χ1) is 14.2. The molecular formula is C21H21N5O2S. The number of rotatable bonds is 6. The van der Waals surface area contributed by atoms with Crippen molar-refractivity contribution in [1.29, 1.82) is 0 Å². The summed E-state index contributed by atoms with van der Waals surface area (Å²) in [4.78, 5) is 32.4. The number of hydrogen-bond acceptors (Lipinski definition) is 6. The van der Waals surface area contributed by atoms with E-state index in [9.17, 15) is 9.59 Å². The Balaban J connectivity index is 1.77. The van der Waals surface area contributed by atoms with E-state index in [2.05, 4.69) is 19.9 Å². The molecule has 148 valence electrons. The van der Waals surface area contributed by atoms with E-state index in [0.29, 0.717) is 11.3 Å². The summed E-state index contributed by atoms with van der Waals surface area (Å²) in [6.07, 6.45) is 7.40. The van der Waals surface area contributed by atoms with Crippen LogP contribution in [0.3, 0.4) is 0 Å². The molecule has 0 radical (unpaired) electrons. The van der Waals surface area contributed by atoms with Crippen LogP contribution in [0.15, 0.2) is 60.2 Å². The molecular weight excluding hydrogens is 386 g/mol. The van der Waals surface area contributed by atoms with Gasteiger partial charge < -0.3 is 5.32 Å². The number of nitrogens with one attached hydrogen (secondary N) is 1. The molecule has 0 unspecified atom stereocenters. The quantitative estimate of drug-likeness (QED) is 0.677. The fourth-order valence-corrected chi connectivity index (χ4v) is 4.10. The van der Waals surface area contributed by atoms with Crippen molar-refractivity contribution < 1.29 is 9.59 Å². The lowest BCUT2D eigenvalue weighted by Crippen LogP contribution is -2.46. The Kier molecular flexibility index (Phi) is 5.90. The fraction of sp³-hybridized carbons (Fsp3) is 0.286. The third-order valence-electron chi connectivity index (χ3n) is 5.06. The summed E-state index contributed by atoms with van der Waals surface area (Å²) >= 11 is 1.10. The van der Waals surface area contributed by atoms with Gasteiger partial charge in [-0.15, -0.1) is 5.10 Å². The van der Waals surface area contributed by atoms with Gasteiger partial charge in [0.1, 0.15) is 6.04 Å². The van der Waals surface area contributed by atoms with Crippen LogP contribution in [-0.2, 0) is 4.79 Å². The number of pyridine rings is 1. The van der Waals surface area contributed by atoms with E-state index in [4.69, 9.17) is 0 Å². The summed E-state index contributed by atoms with van der Waals surface area (Å²) in [5, 5.41) is 8.67. The topological polar surface area (TPSA) is 88.1 Å². The van der Waals surface area contributed by atoms with E-state index in [1.54, 1.807) is 29.9 Å². The molecule has 1 aliphatic rings. The molecule has 3 aromatic rings. The van der Waals surface area contributed by atoms with Gasteiger partial charge in [-0.05, 0) is 54.2 Å². The van der Waals surface area contributed by atoms with Crippen LogP contribution in [0.1, 0.15) is 47.8 Å². The van der Waals surface area contributed by atoms with Crippen molar-refractivity contribution in [1.82, 2.24) is 19.9 Å². The predicted octanol–water partition coefficient (Wildman–Crippen LogP) is 3.38. The number of carbonyl (C=O) groups excluding carboxylic acids is 2. The van der Waals surface area contributed by atoms with Crippen molar-refractivity contribution >= 4 is 29.0 Å². The number of nitrogens with zero attached hydrogens (tertiary/aromatic N) is 4. The molecule has 8 heteroatoms. The summed E-state index contributed by atoms with van der Waals surface area (Å²) in [6, 6.07) is 12.0. The second kappa shape index (κ2) is 8.91. The molecule has 1 saturated carbocycles. The summed E-state index contributed by atoms with van der Waals surface area (Å²) in [6.45, 7) is 0. The van der Waals surface area contributed by atoms with Gasteiger partial charge in [-0.1, -0.05) is 35.5 Å². The van der Waals surface area contributed by atoms with E-state index in [0.717, 1.165) is 37.2 Å². The molecule has 4 rings (SSSR count). The molecule has 29 heavy (non-hydrogen) atoms. The normalized spacial score (nSPS) is 15.0. The smallest absolute Gasteiger partial charge is 0.280 e. The van der Waals surface area contributed by atoms with Crippen molar-refractivity contribution in [3.63, 3.8) is 0 Å². The molecule has 2 amide bonds. The number of aromatic nitrogens is 3. The highest BCUT2D eigenvalue weighted by atomic mass is 32.1. The second-order valence-corrected chi connectivity index (χ2v) is 7.58. The highest BCUT2D eigenvalue weighted by Gasteiger charge is 2.35. The van der Waals surface area contributed by atoms with Crippen LogP contribution < -0.4 is 10.2 Å². The van der Waals surface area contributed by atoms with Crippen molar-refractivity contribution in [3.05, 3.63) is 71.5 Å². The maximum absolute atomic E-state index is 13.4. The van der Waals surface area contributed by atoms with Crippen LogP contribution in [0.25, 0.3) is 0 Å². The van der Waals surface area contributed by atoms with Crippen molar-refractivity contribution in [2.24, 2.45) is 0 Å². The summed E-state index contributed by atoms with van der Waals surface area (Å²) in [7, 11) is 0. The van der Waals surface area contributed by atoms with E-state index in [1.165, 1.54) is 4.90 Å². The number of anilines is 1. The van der Waals surface area contributed by atoms with Gasteiger partial charge >= 0.3 is 0 Å². The third-order valence-corrected chi connectivity index (χ3v) is 5.57. The Morgan fingerprint density at radius 2 is 1.79 bits per heavy atom. The zero-order valence-electron chi connectivity index (χ0n) is 15.8.